The van der Waals surface area contributed by atoms with Crippen molar-refractivity contribution < 1.29 is 80.2 Å². The van der Waals surface area contributed by atoms with Gasteiger partial charge in [-0.25, -0.2) is 9.13 Å². The summed E-state index contributed by atoms with van der Waals surface area (Å²) >= 11 is 0. The Morgan fingerprint density at radius 3 is 0.676 bits per heavy atom. The summed E-state index contributed by atoms with van der Waals surface area (Å²) in [6, 6.07) is 0. The molecule has 6 atom stereocenters. The molecule has 0 spiro atoms. The van der Waals surface area contributed by atoms with Gasteiger partial charge in [-0.3, -0.25) is 37.3 Å². The van der Waals surface area contributed by atoms with Gasteiger partial charge in [0.15, 0.2) is 12.2 Å². The van der Waals surface area contributed by atoms with Crippen LogP contribution in [0.2, 0.25) is 0 Å². The van der Waals surface area contributed by atoms with Crippen LogP contribution in [0.1, 0.15) is 465 Å². The zero-order chi connectivity index (χ0) is 76.9. The lowest BCUT2D eigenvalue weighted by Gasteiger charge is -2.21. The van der Waals surface area contributed by atoms with Gasteiger partial charge >= 0.3 is 39.5 Å². The lowest BCUT2D eigenvalue weighted by Crippen LogP contribution is -2.30. The molecular weight excluding hydrogens is 1370 g/mol. The zero-order valence-corrected chi connectivity index (χ0v) is 70.7. The van der Waals surface area contributed by atoms with Crippen molar-refractivity contribution in [3.8, 4) is 0 Å². The molecule has 0 aromatic rings. The van der Waals surface area contributed by atoms with Crippen molar-refractivity contribution in [3.63, 3.8) is 0 Å². The third kappa shape index (κ3) is 78.5. The van der Waals surface area contributed by atoms with E-state index in [1.807, 2.05) is 0 Å². The second kappa shape index (κ2) is 78.7. The molecule has 0 rings (SSSR count). The van der Waals surface area contributed by atoms with Crippen LogP contribution in [0.15, 0.2) is 0 Å². The molecule has 3 N–H and O–H groups in total. The van der Waals surface area contributed by atoms with E-state index in [-0.39, 0.29) is 25.7 Å². The van der Waals surface area contributed by atoms with E-state index < -0.39 is 97.5 Å². The highest BCUT2D eigenvalue weighted by Crippen LogP contribution is 2.45. The molecule has 3 unspecified atom stereocenters. The molecule has 0 aliphatic carbocycles. The highest BCUT2D eigenvalue weighted by molar-refractivity contribution is 7.47. The number of hydrogen-bond acceptors (Lipinski definition) is 15. The number of phosphoric acid groups is 2. The summed E-state index contributed by atoms with van der Waals surface area (Å²) in [5.41, 5.74) is 0. The summed E-state index contributed by atoms with van der Waals surface area (Å²) in [5, 5.41) is 10.7. The van der Waals surface area contributed by atoms with Gasteiger partial charge in [0.25, 0.3) is 0 Å². The van der Waals surface area contributed by atoms with Crippen LogP contribution in [0.25, 0.3) is 0 Å². The lowest BCUT2D eigenvalue weighted by atomic mass is 9.99. The molecule has 17 nitrogen and oxygen atoms in total. The first-order valence-corrected chi connectivity index (χ1v) is 47.7. The first kappa shape index (κ1) is 103. The van der Waals surface area contributed by atoms with E-state index in [1.54, 1.807) is 0 Å². The molecule has 0 radical (unpaired) electrons. The molecular formula is C86H168O17P2. The molecule has 19 heteroatoms. The molecule has 0 amide bonds. The van der Waals surface area contributed by atoms with Crippen LogP contribution in [-0.4, -0.2) is 96.7 Å². The Bertz CT molecular complexity index is 2000. The number of phosphoric ester groups is 2. The second-order valence-electron chi connectivity index (χ2n) is 31.2. The average molecular weight is 1540 g/mol. The average Bonchev–Trinajstić information content (AvgIpc) is 0.907. The number of aliphatic hydroxyl groups excluding tert-OH is 1. The van der Waals surface area contributed by atoms with Crippen molar-refractivity contribution in [1.82, 2.24) is 0 Å². The molecule has 105 heavy (non-hydrogen) atoms. The monoisotopic (exact) mass is 1540 g/mol. The van der Waals surface area contributed by atoms with Crippen molar-refractivity contribution in [3.05, 3.63) is 0 Å². The van der Waals surface area contributed by atoms with Crippen molar-refractivity contribution in [1.29, 1.82) is 0 Å². The van der Waals surface area contributed by atoms with Crippen LogP contribution in [0.3, 0.4) is 0 Å². The minimum atomic E-state index is -4.96. The smallest absolute Gasteiger partial charge is 0.462 e. The predicted octanol–water partition coefficient (Wildman–Crippen LogP) is 26.4. The molecule has 0 aromatic heterocycles. The lowest BCUT2D eigenvalue weighted by molar-refractivity contribution is -0.161. The number of unbranched alkanes of at least 4 members (excludes halogenated alkanes) is 57. The maximum atomic E-state index is 13.1. The molecule has 0 fully saturated rings. The van der Waals surface area contributed by atoms with Gasteiger partial charge in [0.05, 0.1) is 26.4 Å². The van der Waals surface area contributed by atoms with Gasteiger partial charge in [-0.15, -0.1) is 0 Å². The topological polar surface area (TPSA) is 237 Å². The highest BCUT2D eigenvalue weighted by Gasteiger charge is 2.30. The molecule has 0 aliphatic heterocycles. The third-order valence-electron chi connectivity index (χ3n) is 20.6. The summed E-state index contributed by atoms with van der Waals surface area (Å²) < 4.78 is 68.8. The predicted molar refractivity (Wildman–Crippen MR) is 432 cm³/mol. The Hall–Kier alpha value is -1.94. The van der Waals surface area contributed by atoms with Gasteiger partial charge in [0.1, 0.15) is 19.3 Å². The number of rotatable bonds is 86. The third-order valence-corrected chi connectivity index (χ3v) is 22.5. The quantitative estimate of drug-likeness (QED) is 0.0222. The van der Waals surface area contributed by atoms with E-state index >= 15 is 0 Å². The minimum Gasteiger partial charge on any atom is -0.462 e. The Morgan fingerprint density at radius 2 is 0.457 bits per heavy atom. The Kier molecular flexibility index (Phi) is 77.3. The van der Waals surface area contributed by atoms with E-state index in [2.05, 4.69) is 34.6 Å². The summed E-state index contributed by atoms with van der Waals surface area (Å²) in [5.74, 6) is -1.23. The molecule has 0 saturated heterocycles. The normalized spacial score (nSPS) is 14.0. The van der Waals surface area contributed by atoms with Crippen LogP contribution in [0.5, 0.6) is 0 Å². The van der Waals surface area contributed by atoms with Crippen LogP contribution < -0.4 is 0 Å². The van der Waals surface area contributed by atoms with Crippen molar-refractivity contribution >= 4 is 39.5 Å². The van der Waals surface area contributed by atoms with E-state index in [4.69, 9.17) is 37.0 Å². The van der Waals surface area contributed by atoms with E-state index in [0.29, 0.717) is 25.7 Å². The van der Waals surface area contributed by atoms with Crippen LogP contribution in [-0.2, 0) is 65.4 Å². The van der Waals surface area contributed by atoms with Gasteiger partial charge in [-0.2, -0.15) is 0 Å². The SMILES string of the molecule is CCCCCCCCCCCCCCCCCCCCC(=O)OC[C@H](COP(=O)(O)OC[C@@H](O)COP(=O)(O)OC[C@@H](COC(=O)CCCCCCCCC)OC(=O)CCCCCCCCCCCCCCCCCCCC)OC(=O)CCCCCCCCCCCCCCCCCCCCC(C)CC. The molecule has 624 valence electrons. The van der Waals surface area contributed by atoms with Gasteiger partial charge < -0.3 is 33.8 Å². The molecule has 0 bridgehead atoms. The second-order valence-corrected chi connectivity index (χ2v) is 34.1. The van der Waals surface area contributed by atoms with Gasteiger partial charge in [0, 0.05) is 25.7 Å². The van der Waals surface area contributed by atoms with E-state index in [0.717, 1.165) is 109 Å². The molecule has 0 saturated carbocycles. The summed E-state index contributed by atoms with van der Waals surface area (Å²) in [6.45, 7) is 7.39. The van der Waals surface area contributed by atoms with Gasteiger partial charge in [-0.1, -0.05) is 413 Å². The summed E-state index contributed by atoms with van der Waals surface area (Å²) in [7, 11) is -9.92. The standard InChI is InChI=1S/C86H168O17P2/c1-6-10-13-16-19-21-23-25-27-29-34-38-42-46-50-55-60-65-70-84(89)97-76-82(103-86(91)72-67-62-57-52-48-44-40-36-32-31-33-37-41-45-49-54-58-63-68-79(5)9-4)78-101-105(94,95)99-74-80(87)73-98-104(92,93)100-77-81(75-96-83(88)69-64-59-53-18-15-12-8-3)102-85(90)71-66-61-56-51-47-43-39-35-30-28-26-24-22-20-17-14-11-7-2/h79-82,87H,6-78H2,1-5H3,(H,92,93)(H,94,95)/t79?,80-,81+,82+/m0/s1. The zero-order valence-electron chi connectivity index (χ0n) is 68.9. The van der Waals surface area contributed by atoms with Crippen LogP contribution in [0.4, 0.5) is 0 Å². The Labute approximate surface area is 645 Å². The molecule has 0 heterocycles. The first-order chi connectivity index (χ1) is 51.1. The van der Waals surface area contributed by atoms with Gasteiger partial charge in [0.2, 0.25) is 0 Å². The number of carbonyl (C=O) groups excluding carboxylic acids is 4. The van der Waals surface area contributed by atoms with Crippen LogP contribution >= 0.6 is 15.6 Å². The number of esters is 4. The van der Waals surface area contributed by atoms with Crippen LogP contribution in [0, 0.1) is 5.92 Å². The van der Waals surface area contributed by atoms with Gasteiger partial charge in [-0.05, 0) is 31.6 Å². The number of aliphatic hydroxyl groups is 1. The number of hydrogen-bond donors (Lipinski definition) is 3. The first-order valence-electron chi connectivity index (χ1n) is 44.7. The van der Waals surface area contributed by atoms with E-state index in [1.165, 1.54) is 276 Å². The fourth-order valence-corrected chi connectivity index (χ4v) is 15.0. The minimum absolute atomic E-state index is 0.109. The van der Waals surface area contributed by atoms with E-state index in [9.17, 15) is 43.2 Å². The largest absolute Gasteiger partial charge is 0.472 e. The number of carbonyl (C=O) groups is 4. The summed E-state index contributed by atoms with van der Waals surface area (Å²) in [6.07, 6.45) is 72.4. The van der Waals surface area contributed by atoms with Crippen molar-refractivity contribution in [2.75, 3.05) is 39.6 Å². The molecule has 0 aliphatic rings. The van der Waals surface area contributed by atoms with Crippen molar-refractivity contribution in [2.24, 2.45) is 5.92 Å². The Balaban J connectivity index is 5.15. The van der Waals surface area contributed by atoms with Crippen molar-refractivity contribution in [2.45, 2.75) is 483 Å². The summed E-state index contributed by atoms with van der Waals surface area (Å²) in [4.78, 5) is 73.1. The fourth-order valence-electron chi connectivity index (χ4n) is 13.4. The fraction of sp³-hybridized carbons (Fsp3) is 0.953. The maximum absolute atomic E-state index is 13.1. The molecule has 0 aromatic carbocycles. The Morgan fingerprint density at radius 1 is 0.267 bits per heavy atom. The highest BCUT2D eigenvalue weighted by atomic mass is 31.2. The number of ether oxygens (including phenoxy) is 4. The maximum Gasteiger partial charge on any atom is 0.472 e.